The molecular formula is C17H16N4OS. The van der Waals surface area contributed by atoms with Crippen molar-refractivity contribution in [1.29, 1.82) is 0 Å². The van der Waals surface area contributed by atoms with E-state index in [2.05, 4.69) is 27.1 Å². The van der Waals surface area contributed by atoms with Crippen LogP contribution in [0.3, 0.4) is 0 Å². The zero-order valence-electron chi connectivity index (χ0n) is 12.5. The highest BCUT2D eigenvalue weighted by atomic mass is 32.1. The Hall–Kier alpha value is -2.44. The monoisotopic (exact) mass is 324 g/mol. The molecule has 0 aliphatic carbocycles. The minimum atomic E-state index is -0.404. The van der Waals surface area contributed by atoms with Crippen LogP contribution in [-0.4, -0.2) is 28.5 Å². The number of carbonyl (C=O) groups is 1. The number of benzene rings is 1. The van der Waals surface area contributed by atoms with E-state index in [4.69, 9.17) is 5.73 Å². The third-order valence-electron chi connectivity index (χ3n) is 4.12. The van der Waals surface area contributed by atoms with Crippen LogP contribution in [0.15, 0.2) is 42.0 Å². The summed E-state index contributed by atoms with van der Waals surface area (Å²) in [5, 5.41) is 7.25. The molecule has 23 heavy (non-hydrogen) atoms. The summed E-state index contributed by atoms with van der Waals surface area (Å²) in [5.41, 5.74) is 9.48. The molecule has 5 nitrogen and oxygen atoms in total. The van der Waals surface area contributed by atoms with Gasteiger partial charge in [0.25, 0.3) is 0 Å². The molecule has 6 heteroatoms. The van der Waals surface area contributed by atoms with Crippen molar-refractivity contribution in [2.75, 3.05) is 13.1 Å². The Labute approximate surface area is 137 Å². The average molecular weight is 324 g/mol. The van der Waals surface area contributed by atoms with Crippen LogP contribution < -0.4 is 11.1 Å². The molecule has 0 radical (unpaired) electrons. The number of aromatic nitrogens is 2. The van der Waals surface area contributed by atoms with Gasteiger partial charge in [-0.2, -0.15) is 0 Å². The van der Waals surface area contributed by atoms with Gasteiger partial charge in [-0.25, -0.2) is 4.98 Å². The zero-order chi connectivity index (χ0) is 15.8. The summed E-state index contributed by atoms with van der Waals surface area (Å²) in [6, 6.07) is 5.61. The largest absolute Gasteiger partial charge is 0.366 e. The van der Waals surface area contributed by atoms with Gasteiger partial charge in [0.1, 0.15) is 0 Å². The minimum Gasteiger partial charge on any atom is -0.366 e. The van der Waals surface area contributed by atoms with Crippen LogP contribution >= 0.6 is 11.3 Å². The van der Waals surface area contributed by atoms with Crippen LogP contribution in [0.4, 0.5) is 0 Å². The first-order chi connectivity index (χ1) is 11.2. The van der Waals surface area contributed by atoms with Gasteiger partial charge in [0.05, 0.1) is 5.52 Å². The van der Waals surface area contributed by atoms with Crippen LogP contribution in [0.5, 0.6) is 0 Å². The maximum Gasteiger partial charge on any atom is 0.248 e. The van der Waals surface area contributed by atoms with Crippen LogP contribution in [0, 0.1) is 0 Å². The van der Waals surface area contributed by atoms with Crippen LogP contribution in [0.1, 0.15) is 22.3 Å². The number of primary amides is 1. The first kappa shape index (κ1) is 14.2. The molecule has 0 saturated heterocycles. The molecule has 3 heterocycles. The molecule has 1 aliphatic heterocycles. The van der Waals surface area contributed by atoms with E-state index in [1.165, 1.54) is 5.57 Å². The van der Waals surface area contributed by atoms with E-state index in [0.29, 0.717) is 5.56 Å². The second-order valence-electron chi connectivity index (χ2n) is 5.51. The molecule has 1 amide bonds. The second kappa shape index (κ2) is 5.64. The number of thiazole rings is 1. The first-order valence-electron chi connectivity index (χ1n) is 7.49. The number of nitrogens with two attached hydrogens (primary N) is 1. The van der Waals surface area contributed by atoms with Gasteiger partial charge >= 0.3 is 0 Å². The highest BCUT2D eigenvalue weighted by molar-refractivity contribution is 7.12. The first-order valence-corrected chi connectivity index (χ1v) is 8.37. The fourth-order valence-corrected chi connectivity index (χ4v) is 3.63. The van der Waals surface area contributed by atoms with Crippen molar-refractivity contribution < 1.29 is 4.79 Å². The van der Waals surface area contributed by atoms with Crippen molar-refractivity contribution >= 4 is 33.7 Å². The van der Waals surface area contributed by atoms with Crippen molar-refractivity contribution in [2.45, 2.75) is 6.42 Å². The lowest BCUT2D eigenvalue weighted by atomic mass is 9.99. The number of nitrogens with zero attached hydrogens (tertiary/aromatic N) is 2. The van der Waals surface area contributed by atoms with Gasteiger partial charge in [0.15, 0.2) is 5.13 Å². The van der Waals surface area contributed by atoms with Crippen molar-refractivity contribution in [3.8, 4) is 5.13 Å². The Bertz CT molecular complexity index is 908. The summed E-state index contributed by atoms with van der Waals surface area (Å²) in [6.07, 6.45) is 7.09. The topological polar surface area (TPSA) is 72.9 Å². The predicted molar refractivity (Wildman–Crippen MR) is 92.9 cm³/mol. The lowest BCUT2D eigenvalue weighted by Crippen LogP contribution is -2.19. The highest BCUT2D eigenvalue weighted by Gasteiger charge is 2.17. The standard InChI is InChI=1S/C17H16N4OS/c18-16(22)12-1-2-15-13(9-12)14(11-3-5-19-6-4-11)10-21(15)17-20-7-8-23-17/h1-3,7-10,19H,4-6H2,(H2,18,22). The summed E-state index contributed by atoms with van der Waals surface area (Å²) in [7, 11) is 0. The maximum absolute atomic E-state index is 11.5. The molecule has 0 unspecified atom stereocenters. The fourth-order valence-electron chi connectivity index (χ4n) is 3.00. The molecule has 2 aromatic heterocycles. The van der Waals surface area contributed by atoms with Gasteiger partial charge in [0.2, 0.25) is 5.91 Å². The van der Waals surface area contributed by atoms with Gasteiger partial charge < -0.3 is 11.1 Å². The summed E-state index contributed by atoms with van der Waals surface area (Å²) in [6.45, 7) is 1.83. The van der Waals surface area contributed by atoms with E-state index in [1.807, 2.05) is 17.5 Å². The van der Waals surface area contributed by atoms with Gasteiger partial charge in [0, 0.05) is 40.8 Å². The summed E-state index contributed by atoms with van der Waals surface area (Å²) in [4.78, 5) is 16.0. The van der Waals surface area contributed by atoms with E-state index < -0.39 is 5.91 Å². The molecule has 0 bridgehead atoms. The van der Waals surface area contributed by atoms with Crippen LogP contribution in [-0.2, 0) is 0 Å². The number of hydrogen-bond acceptors (Lipinski definition) is 4. The highest BCUT2D eigenvalue weighted by Crippen LogP contribution is 2.33. The molecule has 0 atom stereocenters. The van der Waals surface area contributed by atoms with E-state index >= 15 is 0 Å². The quantitative estimate of drug-likeness (QED) is 0.778. The summed E-state index contributed by atoms with van der Waals surface area (Å²) >= 11 is 1.59. The molecular weight excluding hydrogens is 308 g/mol. The van der Waals surface area contributed by atoms with E-state index in [0.717, 1.165) is 41.1 Å². The van der Waals surface area contributed by atoms with Gasteiger partial charge in [-0.05, 0) is 36.7 Å². The third-order valence-corrected chi connectivity index (χ3v) is 4.89. The number of hydrogen-bond donors (Lipinski definition) is 2. The molecule has 3 N–H and O–H groups in total. The van der Waals surface area contributed by atoms with Crippen molar-refractivity contribution in [1.82, 2.24) is 14.9 Å². The van der Waals surface area contributed by atoms with E-state index in [1.54, 1.807) is 23.6 Å². The second-order valence-corrected chi connectivity index (χ2v) is 6.38. The Kier molecular flexibility index (Phi) is 3.48. The molecule has 0 saturated carbocycles. The molecule has 1 aliphatic rings. The van der Waals surface area contributed by atoms with Crippen molar-refractivity contribution in [2.24, 2.45) is 5.73 Å². The van der Waals surface area contributed by atoms with Gasteiger partial charge in [-0.15, -0.1) is 11.3 Å². The minimum absolute atomic E-state index is 0.404. The third kappa shape index (κ3) is 2.46. The van der Waals surface area contributed by atoms with Crippen LogP contribution in [0.25, 0.3) is 21.6 Å². The maximum atomic E-state index is 11.5. The number of amides is 1. The number of carbonyl (C=O) groups excluding carboxylic acids is 1. The molecule has 3 aromatic rings. The normalized spacial score (nSPS) is 14.9. The SMILES string of the molecule is NC(=O)c1ccc2c(c1)c(C1=CCNCC1)cn2-c1nccs1. The Balaban J connectivity index is 1.98. The van der Waals surface area contributed by atoms with Crippen molar-refractivity contribution in [3.63, 3.8) is 0 Å². The number of nitrogens with one attached hydrogen (secondary N) is 1. The number of rotatable bonds is 3. The lowest BCUT2D eigenvalue weighted by molar-refractivity contribution is 0.100. The molecule has 116 valence electrons. The lowest BCUT2D eigenvalue weighted by Gasteiger charge is -2.13. The van der Waals surface area contributed by atoms with E-state index in [9.17, 15) is 4.79 Å². The van der Waals surface area contributed by atoms with E-state index in [-0.39, 0.29) is 0 Å². The Morgan fingerprint density at radius 2 is 2.30 bits per heavy atom. The molecule has 4 rings (SSSR count). The average Bonchev–Trinajstić information content (AvgIpc) is 3.22. The summed E-state index contributed by atoms with van der Waals surface area (Å²) < 4.78 is 2.09. The van der Waals surface area contributed by atoms with Crippen LogP contribution in [0.2, 0.25) is 0 Å². The molecule has 0 fully saturated rings. The number of fused-ring (bicyclic) bond motifs is 1. The fraction of sp³-hybridized carbons (Fsp3) is 0.176. The van der Waals surface area contributed by atoms with Gasteiger partial charge in [-0.3, -0.25) is 9.36 Å². The molecule has 0 spiro atoms. The summed E-state index contributed by atoms with van der Waals surface area (Å²) in [5.74, 6) is -0.404. The smallest absolute Gasteiger partial charge is 0.248 e. The predicted octanol–water partition coefficient (Wildman–Crippen LogP) is 2.56. The Morgan fingerprint density at radius 1 is 1.39 bits per heavy atom. The zero-order valence-corrected chi connectivity index (χ0v) is 13.3. The Morgan fingerprint density at radius 3 is 3.00 bits per heavy atom. The molecule has 1 aromatic carbocycles. The van der Waals surface area contributed by atoms with Crippen molar-refractivity contribution in [3.05, 3.63) is 53.2 Å². The van der Waals surface area contributed by atoms with Gasteiger partial charge in [-0.1, -0.05) is 6.08 Å².